The summed E-state index contributed by atoms with van der Waals surface area (Å²) in [5.74, 6) is -1.21. The van der Waals surface area contributed by atoms with Crippen LogP contribution in [0.4, 0.5) is 11.4 Å². The Bertz CT molecular complexity index is 2560. The number of nitrogens with zero attached hydrogens (tertiary/aromatic N) is 4. The Morgan fingerprint density at radius 1 is 0.877 bits per heavy atom. The minimum atomic E-state index is -1.59. The Balaban J connectivity index is 1.38. The number of nitro groups is 2. The van der Waals surface area contributed by atoms with Gasteiger partial charge in [0.05, 0.1) is 54.5 Å². The molecule has 3 N–H and O–H groups in total. The van der Waals surface area contributed by atoms with E-state index in [0.29, 0.717) is 60.0 Å². The van der Waals surface area contributed by atoms with Crippen molar-refractivity contribution in [1.29, 1.82) is 0 Å². The molecule has 3 aliphatic rings. The highest BCUT2D eigenvalue weighted by atomic mass is 32.2. The van der Waals surface area contributed by atoms with Crippen molar-refractivity contribution in [2.24, 2.45) is 22.9 Å². The maximum Gasteiger partial charge on any atom is 0.269 e. The van der Waals surface area contributed by atoms with Crippen LogP contribution in [0.25, 0.3) is 6.08 Å². The lowest BCUT2D eigenvalue weighted by Gasteiger charge is -2.60. The van der Waals surface area contributed by atoms with Crippen molar-refractivity contribution in [3.8, 4) is 11.5 Å². The molecule has 0 radical (unpaired) electrons. The molecule has 1 saturated carbocycles. The fourth-order valence-electron chi connectivity index (χ4n) is 10.2. The zero-order valence-corrected chi connectivity index (χ0v) is 41.6. The van der Waals surface area contributed by atoms with E-state index in [2.05, 4.69) is 24.8 Å². The smallest absolute Gasteiger partial charge is 0.269 e. The van der Waals surface area contributed by atoms with E-state index in [9.17, 15) is 35.5 Å². The molecule has 4 aromatic rings. The molecule has 2 aliphatic carbocycles. The van der Waals surface area contributed by atoms with E-state index in [4.69, 9.17) is 28.9 Å². The zero-order chi connectivity index (χ0) is 51.6. The van der Waals surface area contributed by atoms with Gasteiger partial charge in [0.25, 0.3) is 11.4 Å². The summed E-state index contributed by atoms with van der Waals surface area (Å²) >= 11 is 1.70. The average Bonchev–Trinajstić information content (AvgIpc) is 3.40. The lowest BCUT2D eigenvalue weighted by atomic mass is 9.55. The normalized spacial score (nSPS) is 21.4. The molecule has 1 heterocycles. The molecule has 0 spiro atoms. The highest BCUT2D eigenvalue weighted by Gasteiger charge is 2.65. The summed E-state index contributed by atoms with van der Waals surface area (Å²) in [5, 5.41) is 57.5. The molecule has 4 aromatic carbocycles. The molecule has 1 fully saturated rings. The van der Waals surface area contributed by atoms with E-state index in [-0.39, 0.29) is 88.3 Å². The van der Waals surface area contributed by atoms with Gasteiger partial charge in [-0.15, -0.1) is 18.3 Å². The van der Waals surface area contributed by atoms with Crippen molar-refractivity contribution in [3.05, 3.63) is 164 Å². The number of unbranched alkanes of at least 4 members (excludes halogenated alkanes) is 2. The first-order valence-electron chi connectivity index (χ1n) is 24.8. The molecule has 17 nitrogen and oxygen atoms in total. The van der Waals surface area contributed by atoms with Crippen LogP contribution >= 0.6 is 11.8 Å². The number of rotatable bonds is 29. The van der Waals surface area contributed by atoms with Crippen molar-refractivity contribution in [3.63, 3.8) is 0 Å². The van der Waals surface area contributed by atoms with Crippen molar-refractivity contribution < 1.29 is 53.7 Å². The Kier molecular flexibility index (Phi) is 20.1. The maximum absolute atomic E-state index is 15.0. The minimum Gasteiger partial charge on any atom is -0.493 e. The van der Waals surface area contributed by atoms with Crippen molar-refractivity contribution in [1.82, 2.24) is 4.90 Å². The number of hydrogen-bond donors (Lipinski definition) is 3. The maximum atomic E-state index is 15.0. The molecule has 6 atom stereocenters. The number of non-ortho nitro benzene ring substituents is 2. The van der Waals surface area contributed by atoms with Gasteiger partial charge in [0.2, 0.25) is 11.7 Å². The molecular formula is C55H64N4O13S. The van der Waals surface area contributed by atoms with Crippen molar-refractivity contribution in [2.45, 2.75) is 74.2 Å². The van der Waals surface area contributed by atoms with Gasteiger partial charge in [-0.05, 0) is 115 Å². The predicted molar refractivity (Wildman–Crippen MR) is 277 cm³/mol. The third-order valence-electron chi connectivity index (χ3n) is 13.5. The molecular weight excluding hydrogens is 957 g/mol. The predicted octanol–water partition coefficient (Wildman–Crippen LogP) is 9.06. The van der Waals surface area contributed by atoms with Crippen LogP contribution in [0.5, 0.6) is 11.5 Å². The first-order chi connectivity index (χ1) is 35.6. The minimum absolute atomic E-state index is 0.0203. The number of aliphatic hydroxyl groups is 3. The van der Waals surface area contributed by atoms with Gasteiger partial charge < -0.3 is 44.0 Å². The second-order valence-electron chi connectivity index (χ2n) is 18.0. The first kappa shape index (κ1) is 54.4. The topological polar surface area (TPSA) is 226 Å². The second kappa shape index (κ2) is 27.0. The highest BCUT2D eigenvalue weighted by Crippen LogP contribution is 2.62. The van der Waals surface area contributed by atoms with E-state index < -0.39 is 33.5 Å². The number of benzene rings is 4. The summed E-state index contributed by atoms with van der Waals surface area (Å²) < 4.78 is 26.8. The van der Waals surface area contributed by atoms with Crippen LogP contribution in [0, 0.1) is 38.0 Å². The summed E-state index contributed by atoms with van der Waals surface area (Å²) in [6.07, 6.45) is 11.0. The molecule has 73 heavy (non-hydrogen) atoms. The second-order valence-corrected chi connectivity index (χ2v) is 19.2. The number of fused-ring (bicyclic) bond motifs is 2. The van der Waals surface area contributed by atoms with Crippen LogP contribution in [0.3, 0.4) is 0 Å². The van der Waals surface area contributed by atoms with Crippen LogP contribution in [-0.4, -0.2) is 112 Å². The Morgan fingerprint density at radius 3 is 2.27 bits per heavy atom. The summed E-state index contributed by atoms with van der Waals surface area (Å²) in [4.78, 5) is 45.9. The third-order valence-corrected chi connectivity index (χ3v) is 14.4. The molecule has 388 valence electrons. The van der Waals surface area contributed by atoms with E-state index in [1.807, 2.05) is 36.4 Å². The first-order valence-corrected chi connectivity index (χ1v) is 25.7. The third kappa shape index (κ3) is 13.8. The van der Waals surface area contributed by atoms with E-state index in [0.717, 1.165) is 35.3 Å². The fourth-order valence-corrected chi connectivity index (χ4v) is 10.9. The van der Waals surface area contributed by atoms with E-state index in [1.54, 1.807) is 53.1 Å². The van der Waals surface area contributed by atoms with Gasteiger partial charge >= 0.3 is 0 Å². The SMILES string of the molecule is C=CCOC12Oc3ccc(OCCSc4ccccc4)cc3C3C(CCCCO)C(CCCCO)C=C(C(=NOCc4ccc([N+](=O)[O-])cc4)CC1N(CCOCCO)C(=O)C=Cc1ccc([N+](=O)[O-])cc1)C32. The number of nitro benzene ring substituents is 2. The van der Waals surface area contributed by atoms with Crippen LogP contribution in [-0.2, 0) is 25.7 Å². The van der Waals surface area contributed by atoms with Gasteiger partial charge in [0.1, 0.15) is 24.1 Å². The number of allylic oxidation sites excluding steroid dienone is 1. The fraction of sp³-hybridized carbons (Fsp3) is 0.418. The number of oxime groups is 1. The highest BCUT2D eigenvalue weighted by molar-refractivity contribution is 7.99. The summed E-state index contributed by atoms with van der Waals surface area (Å²) in [7, 11) is 0. The Hall–Kier alpha value is -6.41. The zero-order valence-electron chi connectivity index (χ0n) is 40.8. The molecule has 0 aromatic heterocycles. The van der Waals surface area contributed by atoms with E-state index >= 15 is 4.79 Å². The summed E-state index contributed by atoms with van der Waals surface area (Å²) in [6.45, 7) is 4.37. The molecule has 6 unspecified atom stereocenters. The number of hydrogen-bond acceptors (Lipinski definition) is 15. The quantitative estimate of drug-likeness (QED) is 0.0115. The van der Waals surface area contributed by atoms with Gasteiger partial charge in [-0.3, -0.25) is 25.0 Å². The monoisotopic (exact) mass is 1020 g/mol. The average molecular weight is 1020 g/mol. The lowest BCUT2D eigenvalue weighted by Crippen LogP contribution is -2.70. The van der Waals surface area contributed by atoms with Crippen LogP contribution in [0.1, 0.15) is 67.6 Å². The molecule has 18 heteroatoms. The molecule has 7 rings (SSSR count). The number of aliphatic hydroxyl groups excluding tert-OH is 3. The largest absolute Gasteiger partial charge is 0.493 e. The van der Waals surface area contributed by atoms with Gasteiger partial charge in [-0.25, -0.2) is 0 Å². The van der Waals surface area contributed by atoms with Crippen LogP contribution < -0.4 is 9.47 Å². The van der Waals surface area contributed by atoms with Crippen molar-refractivity contribution >= 4 is 40.8 Å². The molecule has 1 aliphatic heterocycles. The molecule has 1 amide bonds. The van der Waals surface area contributed by atoms with Gasteiger partial charge in [0, 0.05) is 78.7 Å². The number of thioether (sulfide) groups is 1. The summed E-state index contributed by atoms with van der Waals surface area (Å²) in [6, 6.07) is 26.9. The van der Waals surface area contributed by atoms with Gasteiger partial charge in [0.15, 0.2) is 0 Å². The van der Waals surface area contributed by atoms with Gasteiger partial charge in [-0.1, -0.05) is 48.3 Å². The number of ether oxygens (including phenoxy) is 4. The number of amides is 1. The Morgan fingerprint density at radius 2 is 1.59 bits per heavy atom. The number of carbonyl (C=O) groups is 1. The Labute approximate surface area is 429 Å². The molecule has 0 bridgehead atoms. The molecule has 0 saturated heterocycles. The standard InChI is InChI=1S/C55H64N4O13S/c1-2-30-70-55-51(57(26-31-68-32-29-62)52(63)25-18-39-14-19-42(20-15-39)58(64)65)37-49(56-71-38-40-16-21-43(22-17-40)59(66)67)47-35-41(10-6-8-27-60)46(13-7-9-28-61)53(54(47)55)48-36-44(23-24-50(48)72-55)69-33-34-73-45-11-4-3-5-12-45/h2-5,11-12,14-25,35-36,41,46,51,53-54,60-62H,1,6-10,13,26-34,37-38H2. The lowest BCUT2D eigenvalue weighted by molar-refractivity contribution is -0.385. The van der Waals surface area contributed by atoms with Crippen molar-refractivity contribution in [2.75, 3.05) is 58.5 Å². The van der Waals surface area contributed by atoms with Crippen LogP contribution in [0.15, 0.2) is 137 Å². The summed E-state index contributed by atoms with van der Waals surface area (Å²) in [5.41, 5.74) is 3.27. The van der Waals surface area contributed by atoms with Crippen LogP contribution in [0.2, 0.25) is 0 Å². The van der Waals surface area contributed by atoms with Gasteiger partial charge in [-0.2, -0.15) is 0 Å². The van der Waals surface area contributed by atoms with E-state index in [1.165, 1.54) is 30.3 Å². The number of carbonyl (C=O) groups excluding carboxylic acids is 1.